The topological polar surface area (TPSA) is 44.1 Å². The van der Waals surface area contributed by atoms with E-state index in [1.165, 1.54) is 12.8 Å². The van der Waals surface area contributed by atoms with Gasteiger partial charge in [-0.3, -0.25) is 4.79 Å². The lowest BCUT2D eigenvalue weighted by Crippen LogP contribution is -2.45. The van der Waals surface area contributed by atoms with Gasteiger partial charge in [0.15, 0.2) is 0 Å². The third-order valence-electron chi connectivity index (χ3n) is 4.58. The van der Waals surface area contributed by atoms with Gasteiger partial charge < -0.3 is 4.90 Å². The summed E-state index contributed by atoms with van der Waals surface area (Å²) in [5.41, 5.74) is -0.702. The lowest BCUT2D eigenvalue weighted by atomic mass is 9.80. The molecule has 0 aliphatic heterocycles. The molecule has 2 aliphatic carbocycles. The van der Waals surface area contributed by atoms with Crippen LogP contribution in [0.15, 0.2) is 0 Å². The number of rotatable bonds is 5. The van der Waals surface area contributed by atoms with Crippen LogP contribution in [-0.4, -0.2) is 23.4 Å². The summed E-state index contributed by atoms with van der Waals surface area (Å²) in [5.74, 6) is 0.146. The molecule has 0 unspecified atom stereocenters. The molecule has 0 aromatic carbocycles. The van der Waals surface area contributed by atoms with E-state index in [2.05, 4.69) is 13.0 Å². The monoisotopic (exact) mass is 262 g/mol. The van der Waals surface area contributed by atoms with Crippen LogP contribution in [0.3, 0.4) is 0 Å². The van der Waals surface area contributed by atoms with Gasteiger partial charge in [-0.25, -0.2) is 0 Å². The van der Waals surface area contributed by atoms with E-state index in [9.17, 15) is 10.1 Å². The van der Waals surface area contributed by atoms with Gasteiger partial charge in [0, 0.05) is 12.6 Å². The highest BCUT2D eigenvalue weighted by Gasteiger charge is 2.45. The Morgan fingerprint density at radius 3 is 2.37 bits per heavy atom. The molecule has 2 aliphatic rings. The van der Waals surface area contributed by atoms with Gasteiger partial charge in [-0.1, -0.05) is 39.0 Å². The summed E-state index contributed by atoms with van der Waals surface area (Å²) in [4.78, 5) is 14.9. The highest BCUT2D eigenvalue weighted by Crippen LogP contribution is 2.39. The zero-order valence-corrected chi connectivity index (χ0v) is 12.2. The second-order valence-electron chi connectivity index (χ2n) is 6.19. The molecule has 3 heteroatoms. The number of carbonyl (C=O) groups excluding carboxylic acids is 1. The SMILES string of the molecule is CCCCN(C(=O)C1(C#N)CCCCCC1)C1CC1. The highest BCUT2D eigenvalue weighted by atomic mass is 16.2. The zero-order valence-electron chi connectivity index (χ0n) is 12.2. The van der Waals surface area contributed by atoms with E-state index in [1.807, 2.05) is 4.90 Å². The Kier molecular flexibility index (Phi) is 4.85. The molecular weight excluding hydrogens is 236 g/mol. The summed E-state index contributed by atoms with van der Waals surface area (Å²) in [6.07, 6.45) is 10.4. The summed E-state index contributed by atoms with van der Waals surface area (Å²) in [7, 11) is 0. The van der Waals surface area contributed by atoms with Gasteiger partial charge in [-0.05, 0) is 32.1 Å². The first-order valence-electron chi connectivity index (χ1n) is 7.96. The van der Waals surface area contributed by atoms with E-state index in [0.717, 1.165) is 57.9 Å². The standard InChI is InChI=1S/C16H26N2O/c1-2-3-12-18(14-8-9-14)15(19)16(13-17)10-6-4-5-7-11-16/h14H,2-12H2,1H3. The minimum atomic E-state index is -0.702. The molecule has 1 amide bonds. The average Bonchev–Trinajstić information content (AvgIpc) is 3.26. The smallest absolute Gasteiger partial charge is 0.243 e. The fraction of sp³-hybridized carbons (Fsp3) is 0.875. The Balaban J connectivity index is 2.10. The first kappa shape index (κ1) is 14.4. The van der Waals surface area contributed by atoms with E-state index < -0.39 is 5.41 Å². The predicted molar refractivity (Wildman–Crippen MR) is 75.4 cm³/mol. The number of unbranched alkanes of at least 4 members (excludes halogenated alkanes) is 1. The minimum Gasteiger partial charge on any atom is -0.338 e. The number of hydrogen-bond acceptors (Lipinski definition) is 2. The molecule has 2 fully saturated rings. The first-order valence-corrected chi connectivity index (χ1v) is 7.96. The average molecular weight is 262 g/mol. The molecule has 0 aromatic heterocycles. The largest absolute Gasteiger partial charge is 0.338 e. The van der Waals surface area contributed by atoms with Crippen LogP contribution in [0.2, 0.25) is 0 Å². The number of hydrogen-bond donors (Lipinski definition) is 0. The fourth-order valence-electron chi connectivity index (χ4n) is 3.15. The number of nitriles is 1. The molecule has 0 heterocycles. The van der Waals surface area contributed by atoms with Crippen LogP contribution in [0.5, 0.6) is 0 Å². The summed E-state index contributed by atoms with van der Waals surface area (Å²) in [6, 6.07) is 2.84. The molecule has 0 bridgehead atoms. The van der Waals surface area contributed by atoms with Crippen molar-refractivity contribution in [3.05, 3.63) is 0 Å². The molecule has 2 saturated carbocycles. The van der Waals surface area contributed by atoms with Gasteiger partial charge in [0.1, 0.15) is 5.41 Å². The Morgan fingerprint density at radius 1 is 1.26 bits per heavy atom. The van der Waals surface area contributed by atoms with E-state index in [1.54, 1.807) is 0 Å². The van der Waals surface area contributed by atoms with Crippen LogP contribution in [0.4, 0.5) is 0 Å². The van der Waals surface area contributed by atoms with Crippen molar-refractivity contribution in [2.75, 3.05) is 6.54 Å². The van der Waals surface area contributed by atoms with Gasteiger partial charge in [0.2, 0.25) is 5.91 Å². The lowest BCUT2D eigenvalue weighted by Gasteiger charge is -2.32. The van der Waals surface area contributed by atoms with Crippen molar-refractivity contribution in [3.8, 4) is 6.07 Å². The van der Waals surface area contributed by atoms with E-state index in [-0.39, 0.29) is 5.91 Å². The Morgan fingerprint density at radius 2 is 1.89 bits per heavy atom. The molecular formula is C16H26N2O. The molecule has 0 aromatic rings. The highest BCUT2D eigenvalue weighted by molar-refractivity contribution is 5.86. The molecule has 0 radical (unpaired) electrons. The van der Waals surface area contributed by atoms with Crippen LogP contribution in [0.25, 0.3) is 0 Å². The normalized spacial score (nSPS) is 22.3. The molecule has 3 nitrogen and oxygen atoms in total. The molecule has 0 saturated heterocycles. The summed E-state index contributed by atoms with van der Waals surface area (Å²) >= 11 is 0. The minimum absolute atomic E-state index is 0.146. The molecule has 0 atom stereocenters. The van der Waals surface area contributed by atoms with Gasteiger partial charge in [-0.2, -0.15) is 5.26 Å². The molecule has 0 N–H and O–H groups in total. The number of carbonyl (C=O) groups is 1. The van der Waals surface area contributed by atoms with Crippen LogP contribution in [0, 0.1) is 16.7 Å². The molecule has 106 valence electrons. The van der Waals surface area contributed by atoms with Crippen molar-refractivity contribution < 1.29 is 4.79 Å². The Labute approximate surface area is 117 Å². The van der Waals surface area contributed by atoms with Crippen molar-refractivity contribution in [1.82, 2.24) is 4.90 Å². The second-order valence-corrected chi connectivity index (χ2v) is 6.19. The van der Waals surface area contributed by atoms with Crippen LogP contribution in [-0.2, 0) is 4.79 Å². The van der Waals surface area contributed by atoms with E-state index in [4.69, 9.17) is 0 Å². The third kappa shape index (κ3) is 3.29. The quantitative estimate of drug-likeness (QED) is 0.710. The summed E-state index contributed by atoms with van der Waals surface area (Å²) < 4.78 is 0. The summed E-state index contributed by atoms with van der Waals surface area (Å²) in [6.45, 7) is 3.00. The molecule has 2 rings (SSSR count). The second kappa shape index (κ2) is 6.41. The van der Waals surface area contributed by atoms with Crippen molar-refractivity contribution in [3.63, 3.8) is 0 Å². The lowest BCUT2D eigenvalue weighted by molar-refractivity contribution is -0.140. The van der Waals surface area contributed by atoms with E-state index in [0.29, 0.717) is 6.04 Å². The van der Waals surface area contributed by atoms with Gasteiger partial charge in [0.05, 0.1) is 6.07 Å². The molecule has 0 spiro atoms. The van der Waals surface area contributed by atoms with Crippen LogP contribution < -0.4 is 0 Å². The Bertz CT molecular complexity index is 346. The van der Waals surface area contributed by atoms with E-state index >= 15 is 0 Å². The van der Waals surface area contributed by atoms with Crippen molar-refractivity contribution in [1.29, 1.82) is 5.26 Å². The first-order chi connectivity index (χ1) is 9.23. The van der Waals surface area contributed by atoms with Gasteiger partial charge in [-0.15, -0.1) is 0 Å². The predicted octanol–water partition coefficient (Wildman–Crippen LogP) is 3.64. The zero-order chi connectivity index (χ0) is 13.7. The number of amides is 1. The summed E-state index contributed by atoms with van der Waals surface area (Å²) in [5, 5.41) is 9.62. The van der Waals surface area contributed by atoms with Crippen molar-refractivity contribution in [2.24, 2.45) is 5.41 Å². The van der Waals surface area contributed by atoms with Crippen LogP contribution in [0.1, 0.15) is 71.1 Å². The van der Waals surface area contributed by atoms with Crippen molar-refractivity contribution in [2.45, 2.75) is 77.2 Å². The maximum atomic E-state index is 12.9. The van der Waals surface area contributed by atoms with Crippen molar-refractivity contribution >= 4 is 5.91 Å². The van der Waals surface area contributed by atoms with Gasteiger partial charge >= 0.3 is 0 Å². The third-order valence-corrected chi connectivity index (χ3v) is 4.58. The maximum absolute atomic E-state index is 12.9. The van der Waals surface area contributed by atoms with Crippen LogP contribution >= 0.6 is 0 Å². The maximum Gasteiger partial charge on any atom is 0.243 e. The van der Waals surface area contributed by atoms with Gasteiger partial charge in [0.25, 0.3) is 0 Å². The fourth-order valence-corrected chi connectivity index (χ4v) is 3.15. The number of nitrogens with zero attached hydrogens (tertiary/aromatic N) is 2. The molecule has 19 heavy (non-hydrogen) atoms. The Hall–Kier alpha value is -1.04.